The number of rotatable bonds is 5. The van der Waals surface area contributed by atoms with Crippen LogP contribution >= 0.6 is 11.6 Å². The predicted molar refractivity (Wildman–Crippen MR) is 89.5 cm³/mol. The Labute approximate surface area is 139 Å². The number of anilines is 1. The molecule has 1 aromatic heterocycles. The molecule has 1 fully saturated rings. The molecule has 4 nitrogen and oxygen atoms in total. The molecule has 1 heterocycles. The van der Waals surface area contributed by atoms with Gasteiger partial charge in [-0.2, -0.15) is 0 Å². The molecule has 1 aliphatic rings. The number of nitrogens with zero attached hydrogens (tertiary/aromatic N) is 2. The van der Waals surface area contributed by atoms with Crippen molar-refractivity contribution in [2.45, 2.75) is 24.8 Å². The maximum Gasteiger partial charge on any atom is 0.315 e. The van der Waals surface area contributed by atoms with Crippen molar-refractivity contribution in [1.29, 1.82) is 0 Å². The van der Waals surface area contributed by atoms with Crippen molar-refractivity contribution < 1.29 is 4.42 Å². The third-order valence-corrected chi connectivity index (χ3v) is 4.52. The minimum absolute atomic E-state index is 0.0888. The molecule has 0 unspecified atom stereocenters. The van der Waals surface area contributed by atoms with Gasteiger partial charge in [-0.3, -0.25) is 0 Å². The van der Waals surface area contributed by atoms with Gasteiger partial charge in [-0.25, -0.2) is 0 Å². The molecule has 23 heavy (non-hydrogen) atoms. The van der Waals surface area contributed by atoms with Crippen molar-refractivity contribution in [3.63, 3.8) is 0 Å². The molecule has 5 heteroatoms. The standard InChI is InChI=1S/C18H16ClN3O/c19-15-8-6-13(7-9-15)12-20-17-22-21-16(23-17)18(10-11-18)14-4-2-1-3-5-14/h1-9H,10-12H2,(H,20,22). The Morgan fingerprint density at radius 1 is 1.00 bits per heavy atom. The Bertz CT molecular complexity index is 795. The molecule has 1 saturated carbocycles. The third-order valence-electron chi connectivity index (χ3n) is 4.27. The molecule has 0 spiro atoms. The van der Waals surface area contributed by atoms with Gasteiger partial charge in [0.25, 0.3) is 0 Å². The summed E-state index contributed by atoms with van der Waals surface area (Å²) in [5, 5.41) is 12.3. The lowest BCUT2D eigenvalue weighted by atomic mass is 9.96. The van der Waals surface area contributed by atoms with Crippen LogP contribution in [0.1, 0.15) is 29.9 Å². The van der Waals surface area contributed by atoms with Crippen molar-refractivity contribution in [1.82, 2.24) is 10.2 Å². The van der Waals surface area contributed by atoms with Crippen LogP contribution in [-0.4, -0.2) is 10.2 Å². The largest absolute Gasteiger partial charge is 0.407 e. The molecule has 0 aliphatic heterocycles. The summed E-state index contributed by atoms with van der Waals surface area (Å²) in [7, 11) is 0. The lowest BCUT2D eigenvalue weighted by Gasteiger charge is -2.10. The fraction of sp³-hybridized carbons (Fsp3) is 0.222. The molecule has 0 amide bonds. The van der Waals surface area contributed by atoms with Crippen molar-refractivity contribution in [2.24, 2.45) is 0 Å². The first kappa shape index (κ1) is 14.3. The Morgan fingerprint density at radius 3 is 2.43 bits per heavy atom. The van der Waals surface area contributed by atoms with Crippen LogP contribution in [0.2, 0.25) is 5.02 Å². The van der Waals surface area contributed by atoms with Gasteiger partial charge in [-0.1, -0.05) is 59.2 Å². The van der Waals surface area contributed by atoms with Gasteiger partial charge >= 0.3 is 6.01 Å². The topological polar surface area (TPSA) is 51.0 Å². The number of halogens is 1. The van der Waals surface area contributed by atoms with Crippen LogP contribution in [0.25, 0.3) is 0 Å². The lowest BCUT2D eigenvalue weighted by molar-refractivity contribution is 0.471. The summed E-state index contributed by atoms with van der Waals surface area (Å²) in [6, 6.07) is 18.5. The molecule has 0 atom stereocenters. The van der Waals surface area contributed by atoms with Gasteiger partial charge in [0.05, 0.1) is 5.41 Å². The highest BCUT2D eigenvalue weighted by atomic mass is 35.5. The van der Waals surface area contributed by atoms with Gasteiger partial charge in [0.2, 0.25) is 5.89 Å². The summed E-state index contributed by atoms with van der Waals surface area (Å²) in [6.07, 6.45) is 2.10. The molecule has 0 radical (unpaired) electrons. The minimum atomic E-state index is -0.0888. The second-order valence-electron chi connectivity index (χ2n) is 5.84. The van der Waals surface area contributed by atoms with Crippen LogP contribution in [-0.2, 0) is 12.0 Å². The average molecular weight is 326 g/mol. The number of nitrogens with one attached hydrogen (secondary N) is 1. The van der Waals surface area contributed by atoms with E-state index in [0.29, 0.717) is 18.5 Å². The highest BCUT2D eigenvalue weighted by Gasteiger charge is 2.50. The quantitative estimate of drug-likeness (QED) is 0.754. The molecule has 2 aromatic carbocycles. The van der Waals surface area contributed by atoms with Crippen LogP contribution < -0.4 is 5.32 Å². The maximum absolute atomic E-state index is 5.89. The second-order valence-corrected chi connectivity index (χ2v) is 6.28. The highest BCUT2D eigenvalue weighted by molar-refractivity contribution is 6.30. The fourth-order valence-corrected chi connectivity index (χ4v) is 2.90. The minimum Gasteiger partial charge on any atom is -0.407 e. The van der Waals surface area contributed by atoms with E-state index in [2.05, 4.69) is 27.6 Å². The molecule has 1 aliphatic carbocycles. The SMILES string of the molecule is Clc1ccc(CNc2nnc(C3(c4ccccc4)CC3)o2)cc1. The smallest absolute Gasteiger partial charge is 0.315 e. The second kappa shape index (κ2) is 5.70. The van der Waals surface area contributed by atoms with Crippen molar-refractivity contribution in [3.8, 4) is 0 Å². The van der Waals surface area contributed by atoms with Crippen LogP contribution in [0.15, 0.2) is 59.0 Å². The predicted octanol–water partition coefficient (Wildman–Crippen LogP) is 4.42. The van der Waals surface area contributed by atoms with Gasteiger partial charge in [-0.15, -0.1) is 5.10 Å². The number of hydrogen-bond donors (Lipinski definition) is 1. The van der Waals surface area contributed by atoms with Crippen molar-refractivity contribution in [3.05, 3.63) is 76.6 Å². The van der Waals surface area contributed by atoms with Gasteiger partial charge in [-0.05, 0) is 36.1 Å². The number of aromatic nitrogens is 2. The van der Waals surface area contributed by atoms with E-state index in [4.69, 9.17) is 16.0 Å². The Morgan fingerprint density at radius 2 is 1.74 bits per heavy atom. The van der Waals surface area contributed by atoms with E-state index < -0.39 is 0 Å². The van der Waals surface area contributed by atoms with E-state index in [0.717, 1.165) is 23.4 Å². The molecule has 3 aromatic rings. The fourth-order valence-electron chi connectivity index (χ4n) is 2.78. The molecular formula is C18H16ClN3O. The summed E-state index contributed by atoms with van der Waals surface area (Å²) in [5.74, 6) is 0.697. The number of hydrogen-bond acceptors (Lipinski definition) is 4. The number of benzene rings is 2. The molecular weight excluding hydrogens is 310 g/mol. The Balaban J connectivity index is 1.48. The van der Waals surface area contributed by atoms with Crippen LogP contribution in [0.5, 0.6) is 0 Å². The van der Waals surface area contributed by atoms with E-state index in [1.807, 2.05) is 42.5 Å². The van der Waals surface area contributed by atoms with E-state index in [9.17, 15) is 0 Å². The van der Waals surface area contributed by atoms with Gasteiger partial charge < -0.3 is 9.73 Å². The van der Waals surface area contributed by atoms with Gasteiger partial charge in [0.15, 0.2) is 0 Å². The Hall–Kier alpha value is -2.33. The summed E-state index contributed by atoms with van der Waals surface area (Å²) >= 11 is 5.89. The average Bonchev–Trinajstić information content (AvgIpc) is 3.27. The summed E-state index contributed by atoms with van der Waals surface area (Å²) in [5.41, 5.74) is 2.26. The zero-order valence-electron chi connectivity index (χ0n) is 12.5. The third kappa shape index (κ3) is 2.82. The van der Waals surface area contributed by atoms with Gasteiger partial charge in [0.1, 0.15) is 0 Å². The van der Waals surface area contributed by atoms with Crippen LogP contribution in [0.4, 0.5) is 6.01 Å². The normalized spacial score (nSPS) is 15.3. The summed E-state index contributed by atoms with van der Waals surface area (Å²) in [6.45, 7) is 0.622. The summed E-state index contributed by atoms with van der Waals surface area (Å²) < 4.78 is 5.85. The zero-order chi connectivity index (χ0) is 15.7. The lowest BCUT2D eigenvalue weighted by Crippen LogP contribution is -2.08. The Kier molecular flexibility index (Phi) is 3.54. The van der Waals surface area contributed by atoms with E-state index in [-0.39, 0.29) is 5.41 Å². The van der Waals surface area contributed by atoms with E-state index >= 15 is 0 Å². The zero-order valence-corrected chi connectivity index (χ0v) is 13.3. The van der Waals surface area contributed by atoms with Crippen molar-refractivity contribution in [2.75, 3.05) is 5.32 Å². The molecule has 116 valence electrons. The highest BCUT2D eigenvalue weighted by Crippen LogP contribution is 2.52. The molecule has 1 N–H and O–H groups in total. The van der Waals surface area contributed by atoms with Gasteiger partial charge in [0, 0.05) is 11.6 Å². The van der Waals surface area contributed by atoms with Crippen LogP contribution in [0, 0.1) is 0 Å². The van der Waals surface area contributed by atoms with E-state index in [1.54, 1.807) is 0 Å². The molecule has 0 saturated heterocycles. The van der Waals surface area contributed by atoms with Crippen LogP contribution in [0.3, 0.4) is 0 Å². The first-order chi connectivity index (χ1) is 11.3. The first-order valence-electron chi connectivity index (χ1n) is 7.64. The first-order valence-corrected chi connectivity index (χ1v) is 8.02. The summed E-state index contributed by atoms with van der Waals surface area (Å²) in [4.78, 5) is 0. The van der Waals surface area contributed by atoms with E-state index in [1.165, 1.54) is 5.56 Å². The monoisotopic (exact) mass is 325 g/mol. The molecule has 0 bridgehead atoms. The maximum atomic E-state index is 5.89. The van der Waals surface area contributed by atoms with Crippen molar-refractivity contribution >= 4 is 17.6 Å². The molecule has 4 rings (SSSR count).